The van der Waals surface area contributed by atoms with Crippen LogP contribution in [0, 0.1) is 17.0 Å². The first-order valence-electron chi connectivity index (χ1n) is 4.70. The van der Waals surface area contributed by atoms with Crippen LogP contribution in [0.15, 0.2) is 21.5 Å². The minimum atomic E-state index is -3.51. The molecule has 0 fully saturated rings. The van der Waals surface area contributed by atoms with Crippen LogP contribution in [0.5, 0.6) is 0 Å². The van der Waals surface area contributed by atoms with Crippen LogP contribution < -0.4 is 0 Å². The summed E-state index contributed by atoms with van der Waals surface area (Å²) in [5, 5.41) is 10.7. The van der Waals surface area contributed by atoms with Crippen molar-refractivity contribution in [1.82, 2.24) is 0 Å². The highest BCUT2D eigenvalue weighted by Crippen LogP contribution is 2.33. The summed E-state index contributed by atoms with van der Waals surface area (Å²) in [7, 11) is 1.58. The van der Waals surface area contributed by atoms with Crippen molar-refractivity contribution in [3.63, 3.8) is 0 Å². The number of halogens is 2. The Kier molecular flexibility index (Phi) is 5.45. The lowest BCUT2D eigenvalue weighted by Crippen LogP contribution is -2.00. The molecule has 0 saturated carbocycles. The van der Waals surface area contributed by atoms with Gasteiger partial charge in [-0.05, 0) is 28.9 Å². The second-order valence-electron chi connectivity index (χ2n) is 3.42. The maximum absolute atomic E-state index is 10.8. The molecule has 0 amide bonds. The predicted molar refractivity (Wildman–Crippen MR) is 75.9 cm³/mol. The van der Waals surface area contributed by atoms with E-state index in [0.29, 0.717) is 15.8 Å². The summed E-state index contributed by atoms with van der Waals surface area (Å²) in [5.74, 6) is 0.142. The molecule has 0 aliphatic heterocycles. The van der Waals surface area contributed by atoms with Crippen LogP contribution >= 0.6 is 38.4 Å². The fourth-order valence-corrected chi connectivity index (χ4v) is 4.25. The first-order chi connectivity index (χ1) is 8.20. The number of thioether (sulfide) groups is 1. The standard InChI is InChI=1S/C9H9BrClNO4S2/c1-6-4-9(17-2-3-18(11,15)16)7(10)5-8(6)12(13)14/h4-5H,2-3H2,1H3. The second kappa shape index (κ2) is 6.23. The molecule has 100 valence electrons. The Bertz CT molecular complexity index is 576. The molecule has 0 aliphatic rings. The van der Waals surface area contributed by atoms with Crippen molar-refractivity contribution in [3.8, 4) is 0 Å². The average molecular weight is 375 g/mol. The summed E-state index contributed by atoms with van der Waals surface area (Å²) >= 11 is 4.50. The van der Waals surface area contributed by atoms with Crippen LogP contribution in [0.3, 0.4) is 0 Å². The fourth-order valence-electron chi connectivity index (χ4n) is 1.20. The van der Waals surface area contributed by atoms with Crippen molar-refractivity contribution in [1.29, 1.82) is 0 Å². The molecule has 0 heterocycles. The number of nitro benzene ring substituents is 1. The van der Waals surface area contributed by atoms with E-state index in [0.717, 1.165) is 4.90 Å². The molecular formula is C9H9BrClNO4S2. The monoisotopic (exact) mass is 373 g/mol. The topological polar surface area (TPSA) is 77.3 Å². The average Bonchev–Trinajstić information content (AvgIpc) is 2.20. The number of hydrogen-bond acceptors (Lipinski definition) is 5. The third-order valence-electron chi connectivity index (χ3n) is 2.03. The van der Waals surface area contributed by atoms with E-state index in [9.17, 15) is 18.5 Å². The van der Waals surface area contributed by atoms with E-state index in [1.807, 2.05) is 0 Å². The predicted octanol–water partition coefficient (Wildman–Crippen LogP) is 3.33. The van der Waals surface area contributed by atoms with Crippen molar-refractivity contribution in [2.45, 2.75) is 11.8 Å². The van der Waals surface area contributed by atoms with Gasteiger partial charge in [-0.25, -0.2) is 8.42 Å². The number of benzene rings is 1. The number of rotatable bonds is 5. The second-order valence-corrected chi connectivity index (χ2v) is 8.31. The molecule has 1 rings (SSSR count). The highest BCUT2D eigenvalue weighted by atomic mass is 79.9. The Labute approximate surface area is 122 Å². The van der Waals surface area contributed by atoms with E-state index < -0.39 is 14.0 Å². The molecule has 0 aromatic heterocycles. The molecule has 1 aromatic carbocycles. The molecule has 0 saturated heterocycles. The van der Waals surface area contributed by atoms with Crippen LogP contribution in [0.25, 0.3) is 0 Å². The van der Waals surface area contributed by atoms with Crippen molar-refractivity contribution in [2.24, 2.45) is 0 Å². The molecule has 0 atom stereocenters. The smallest absolute Gasteiger partial charge is 0.258 e. The molecule has 9 heteroatoms. The van der Waals surface area contributed by atoms with Gasteiger partial charge in [0, 0.05) is 37.4 Å². The summed E-state index contributed by atoms with van der Waals surface area (Å²) < 4.78 is 22.1. The summed E-state index contributed by atoms with van der Waals surface area (Å²) in [6.45, 7) is 1.63. The van der Waals surface area contributed by atoms with Crippen molar-refractivity contribution in [3.05, 3.63) is 32.3 Å². The normalized spacial score (nSPS) is 11.5. The van der Waals surface area contributed by atoms with Crippen molar-refractivity contribution >= 4 is 53.1 Å². The van der Waals surface area contributed by atoms with Gasteiger partial charge in [0.05, 0.1) is 10.7 Å². The highest BCUT2D eigenvalue weighted by Gasteiger charge is 2.15. The fraction of sp³-hybridized carbons (Fsp3) is 0.333. The summed E-state index contributed by atoms with van der Waals surface area (Å²) in [6.07, 6.45) is 0. The van der Waals surface area contributed by atoms with Gasteiger partial charge >= 0.3 is 0 Å². The quantitative estimate of drug-likeness (QED) is 0.342. The molecule has 0 N–H and O–H groups in total. The van der Waals surface area contributed by atoms with Crippen LogP contribution in [0.2, 0.25) is 0 Å². The van der Waals surface area contributed by atoms with Gasteiger partial charge in [0.2, 0.25) is 9.05 Å². The lowest BCUT2D eigenvalue weighted by atomic mass is 10.2. The summed E-state index contributed by atoms with van der Waals surface area (Å²) in [5.41, 5.74) is 0.552. The molecule has 5 nitrogen and oxygen atoms in total. The highest BCUT2D eigenvalue weighted by molar-refractivity contribution is 9.10. The zero-order valence-corrected chi connectivity index (χ0v) is 13.2. The Hall–Kier alpha value is -0.310. The Morgan fingerprint density at radius 1 is 1.50 bits per heavy atom. The molecular weight excluding hydrogens is 366 g/mol. The van der Waals surface area contributed by atoms with E-state index in [1.54, 1.807) is 13.0 Å². The van der Waals surface area contributed by atoms with Crippen LogP contribution in [-0.2, 0) is 9.05 Å². The first kappa shape index (κ1) is 15.7. The van der Waals surface area contributed by atoms with Gasteiger partial charge in [0.15, 0.2) is 0 Å². The van der Waals surface area contributed by atoms with E-state index in [4.69, 9.17) is 10.7 Å². The van der Waals surface area contributed by atoms with E-state index in [-0.39, 0.29) is 11.4 Å². The Balaban J connectivity index is 2.85. The van der Waals surface area contributed by atoms with Gasteiger partial charge in [-0.1, -0.05) is 0 Å². The third-order valence-corrected chi connectivity index (χ3v) is 5.42. The molecule has 18 heavy (non-hydrogen) atoms. The van der Waals surface area contributed by atoms with Gasteiger partial charge in [-0.15, -0.1) is 11.8 Å². The summed E-state index contributed by atoms with van der Waals surface area (Å²) in [6, 6.07) is 3.06. The number of hydrogen-bond donors (Lipinski definition) is 0. The number of nitrogens with zero attached hydrogens (tertiary/aromatic N) is 1. The number of aryl methyl sites for hydroxylation is 1. The van der Waals surface area contributed by atoms with Crippen LogP contribution in [0.1, 0.15) is 5.56 Å². The molecule has 0 bridgehead atoms. The van der Waals surface area contributed by atoms with E-state index >= 15 is 0 Å². The molecule has 1 aromatic rings. The van der Waals surface area contributed by atoms with Crippen LogP contribution in [0.4, 0.5) is 5.69 Å². The lowest BCUT2D eigenvalue weighted by molar-refractivity contribution is -0.385. The Morgan fingerprint density at radius 2 is 2.11 bits per heavy atom. The van der Waals surface area contributed by atoms with Crippen LogP contribution in [-0.4, -0.2) is 24.8 Å². The van der Waals surface area contributed by atoms with Gasteiger partial charge in [-0.3, -0.25) is 10.1 Å². The zero-order valence-electron chi connectivity index (χ0n) is 9.22. The maximum Gasteiger partial charge on any atom is 0.273 e. The summed E-state index contributed by atoms with van der Waals surface area (Å²) in [4.78, 5) is 11.0. The van der Waals surface area contributed by atoms with Gasteiger partial charge in [0.25, 0.3) is 5.69 Å². The third kappa shape index (κ3) is 4.75. The van der Waals surface area contributed by atoms with Crippen molar-refractivity contribution < 1.29 is 13.3 Å². The molecule has 0 unspecified atom stereocenters. The zero-order chi connectivity index (χ0) is 13.9. The molecule has 0 spiro atoms. The van der Waals surface area contributed by atoms with E-state index in [1.165, 1.54) is 17.8 Å². The van der Waals surface area contributed by atoms with E-state index in [2.05, 4.69) is 15.9 Å². The van der Waals surface area contributed by atoms with Gasteiger partial charge < -0.3 is 0 Å². The van der Waals surface area contributed by atoms with Gasteiger partial charge in [-0.2, -0.15) is 0 Å². The minimum absolute atomic E-state index is 0.0242. The molecule has 0 aliphatic carbocycles. The lowest BCUT2D eigenvalue weighted by Gasteiger charge is -2.05. The first-order valence-corrected chi connectivity index (χ1v) is 8.96. The van der Waals surface area contributed by atoms with Crippen molar-refractivity contribution in [2.75, 3.05) is 11.5 Å². The SMILES string of the molecule is Cc1cc(SCCS(=O)(=O)Cl)c(Br)cc1[N+](=O)[O-]. The maximum atomic E-state index is 10.8. The largest absolute Gasteiger partial charge is 0.273 e. The van der Waals surface area contributed by atoms with Gasteiger partial charge in [0.1, 0.15) is 0 Å². The number of nitro groups is 1. The molecule has 0 radical (unpaired) electrons. The Morgan fingerprint density at radius 3 is 2.61 bits per heavy atom. The minimum Gasteiger partial charge on any atom is -0.258 e.